The fraction of sp³-hybridized carbons (Fsp3) is 0.565. The summed E-state index contributed by atoms with van der Waals surface area (Å²) >= 11 is 6.02. The smallest absolute Gasteiger partial charge is 0.331 e. The van der Waals surface area contributed by atoms with Crippen LogP contribution in [-0.4, -0.2) is 62.9 Å². The summed E-state index contributed by atoms with van der Waals surface area (Å²) in [6.07, 6.45) is 1.72. The van der Waals surface area contributed by atoms with Gasteiger partial charge in [0.25, 0.3) is 0 Å². The van der Waals surface area contributed by atoms with Gasteiger partial charge in [-0.3, -0.25) is 0 Å². The van der Waals surface area contributed by atoms with Crippen LogP contribution in [0, 0.1) is 11.8 Å². The average Bonchev–Trinajstić information content (AvgIpc) is 3.41. The summed E-state index contributed by atoms with van der Waals surface area (Å²) in [5, 5.41) is 10.4. The van der Waals surface area contributed by atoms with E-state index in [0.717, 1.165) is 51.1 Å². The number of alkyl halides is 2. The van der Waals surface area contributed by atoms with Crippen molar-refractivity contribution in [2.45, 2.75) is 41.4 Å². The van der Waals surface area contributed by atoms with Crippen LogP contribution in [0.1, 0.15) is 25.0 Å². The van der Waals surface area contributed by atoms with Gasteiger partial charge in [0.05, 0.1) is 24.3 Å². The van der Waals surface area contributed by atoms with Crippen molar-refractivity contribution in [1.29, 1.82) is 0 Å². The molecule has 11 heteroatoms. The summed E-state index contributed by atoms with van der Waals surface area (Å²) in [7, 11) is -2.51. The van der Waals surface area contributed by atoms with Crippen LogP contribution in [0.15, 0.2) is 29.2 Å². The Morgan fingerprint density at radius 1 is 1.09 bits per heavy atom. The molecule has 7 nitrogen and oxygen atoms in total. The minimum Gasteiger partial charge on any atom is -0.394 e. The molecular weight excluding hydrogens is 484 g/mol. The standard InChI is InChI=1S/C23H26ClF2N5O2S/c24-16-2-4-17(5-3-16)30-9-14-11-31(12-15(14)10-30)21-27-18-8-23(25,26)34(33)19(18)20(28-21)29-22(13-32)6-1-7-22/h2-5,14-15,32H,1,6-13H2,(H,27,28,29). The van der Waals surface area contributed by atoms with E-state index in [1.54, 1.807) is 0 Å². The second-order valence-electron chi connectivity index (χ2n) is 9.95. The first kappa shape index (κ1) is 22.4. The third kappa shape index (κ3) is 3.65. The maximum atomic E-state index is 14.4. The van der Waals surface area contributed by atoms with E-state index in [2.05, 4.69) is 25.1 Å². The Morgan fingerprint density at radius 2 is 1.74 bits per heavy atom. The minimum absolute atomic E-state index is 0.0122. The summed E-state index contributed by atoms with van der Waals surface area (Å²) in [4.78, 5) is 13.5. The Hall–Kier alpha value is -2.04. The van der Waals surface area contributed by atoms with E-state index in [1.807, 2.05) is 24.3 Å². The average molecular weight is 510 g/mol. The molecule has 0 amide bonds. The fourth-order valence-corrected chi connectivity index (χ4v) is 6.93. The largest absolute Gasteiger partial charge is 0.394 e. The van der Waals surface area contributed by atoms with Gasteiger partial charge in [-0.15, -0.1) is 0 Å². The Kier molecular flexibility index (Phi) is 5.27. The second kappa shape index (κ2) is 7.99. The van der Waals surface area contributed by atoms with Gasteiger partial charge in [0.2, 0.25) is 5.95 Å². The number of aliphatic hydroxyl groups excluding tert-OH is 1. The van der Waals surface area contributed by atoms with Crippen molar-refractivity contribution in [3.05, 3.63) is 35.0 Å². The van der Waals surface area contributed by atoms with Crippen LogP contribution in [0.5, 0.6) is 0 Å². The van der Waals surface area contributed by atoms with Crippen LogP contribution in [0.25, 0.3) is 0 Å². The van der Waals surface area contributed by atoms with Gasteiger partial charge in [-0.25, -0.2) is 9.19 Å². The minimum atomic E-state index is -3.36. The molecule has 1 aromatic heterocycles. The van der Waals surface area contributed by atoms with Crippen molar-refractivity contribution in [2.24, 2.45) is 11.8 Å². The van der Waals surface area contributed by atoms with Gasteiger partial charge in [0.15, 0.2) is 0 Å². The molecule has 3 unspecified atom stereocenters. The third-order valence-corrected chi connectivity index (χ3v) is 9.45. The zero-order valence-corrected chi connectivity index (χ0v) is 20.1. The Balaban J connectivity index is 1.25. The molecule has 1 aliphatic carbocycles. The number of hydrogen-bond donors (Lipinski definition) is 2. The molecule has 34 heavy (non-hydrogen) atoms. The quantitative estimate of drug-likeness (QED) is 0.640. The SMILES string of the molecule is O=S1c2c(nc(N3CC4CN(c5ccc(Cl)cc5)CC4C3)nc2NC2(CO)CCC2)CC1(F)F. The fourth-order valence-electron chi connectivity index (χ4n) is 5.63. The van der Waals surface area contributed by atoms with E-state index < -0.39 is 28.0 Å². The van der Waals surface area contributed by atoms with E-state index >= 15 is 0 Å². The molecular formula is C23H26ClF2N5O2S. The number of benzene rings is 1. The monoisotopic (exact) mass is 509 g/mol. The number of halogens is 3. The Labute approximate surface area is 204 Å². The first-order valence-electron chi connectivity index (χ1n) is 11.6. The molecule has 3 fully saturated rings. The molecule has 0 radical (unpaired) electrons. The van der Waals surface area contributed by atoms with E-state index in [0.29, 0.717) is 22.8 Å². The molecule has 182 valence electrons. The lowest BCUT2D eigenvalue weighted by molar-refractivity contribution is 0.104. The number of fused-ring (bicyclic) bond motifs is 2. The van der Waals surface area contributed by atoms with E-state index in [4.69, 9.17) is 11.6 Å². The van der Waals surface area contributed by atoms with Crippen molar-refractivity contribution in [2.75, 3.05) is 47.9 Å². The molecule has 6 rings (SSSR count). The molecule has 2 aromatic rings. The summed E-state index contributed by atoms with van der Waals surface area (Å²) in [6, 6.07) is 7.84. The first-order chi connectivity index (χ1) is 16.3. The molecule has 2 saturated heterocycles. The lowest BCUT2D eigenvalue weighted by atomic mass is 9.77. The molecule has 2 N–H and O–H groups in total. The van der Waals surface area contributed by atoms with Crippen LogP contribution in [0.4, 0.5) is 26.2 Å². The molecule has 4 heterocycles. The lowest BCUT2D eigenvalue weighted by Gasteiger charge is -2.41. The maximum Gasteiger partial charge on any atom is 0.331 e. The highest BCUT2D eigenvalue weighted by Gasteiger charge is 2.50. The summed E-state index contributed by atoms with van der Waals surface area (Å²) in [6.45, 7) is 3.14. The summed E-state index contributed by atoms with van der Waals surface area (Å²) < 4.78 is 41.3. The van der Waals surface area contributed by atoms with Gasteiger partial charge < -0.3 is 20.2 Å². The van der Waals surface area contributed by atoms with Gasteiger partial charge >= 0.3 is 5.25 Å². The van der Waals surface area contributed by atoms with Crippen molar-refractivity contribution in [1.82, 2.24) is 9.97 Å². The predicted molar refractivity (Wildman–Crippen MR) is 127 cm³/mol. The molecule has 3 aliphatic heterocycles. The molecule has 0 bridgehead atoms. The number of hydrogen-bond acceptors (Lipinski definition) is 7. The highest BCUT2D eigenvalue weighted by Crippen LogP contribution is 2.45. The first-order valence-corrected chi connectivity index (χ1v) is 13.1. The number of aromatic nitrogens is 2. The van der Waals surface area contributed by atoms with Gasteiger partial charge in [0, 0.05) is 48.7 Å². The van der Waals surface area contributed by atoms with Gasteiger partial charge in [-0.05, 0) is 43.5 Å². The Morgan fingerprint density at radius 3 is 2.32 bits per heavy atom. The molecule has 1 aromatic carbocycles. The van der Waals surface area contributed by atoms with Crippen molar-refractivity contribution in [3.8, 4) is 0 Å². The van der Waals surface area contributed by atoms with Crippen molar-refractivity contribution >= 4 is 39.9 Å². The Bertz CT molecular complexity index is 1130. The van der Waals surface area contributed by atoms with Crippen molar-refractivity contribution in [3.63, 3.8) is 0 Å². The highest BCUT2D eigenvalue weighted by molar-refractivity contribution is 7.86. The van der Waals surface area contributed by atoms with Gasteiger partial charge in [-0.1, -0.05) is 11.6 Å². The van der Waals surface area contributed by atoms with E-state index in [-0.39, 0.29) is 23.0 Å². The van der Waals surface area contributed by atoms with Gasteiger partial charge in [0.1, 0.15) is 21.5 Å². The van der Waals surface area contributed by atoms with Crippen LogP contribution in [0.2, 0.25) is 5.02 Å². The van der Waals surface area contributed by atoms with Crippen LogP contribution >= 0.6 is 11.6 Å². The zero-order chi connectivity index (χ0) is 23.7. The highest BCUT2D eigenvalue weighted by atomic mass is 35.5. The second-order valence-corrected chi connectivity index (χ2v) is 11.9. The lowest BCUT2D eigenvalue weighted by Crippen LogP contribution is -2.48. The topological polar surface area (TPSA) is 81.6 Å². The van der Waals surface area contributed by atoms with Crippen LogP contribution in [-0.2, 0) is 17.2 Å². The third-order valence-electron chi connectivity index (χ3n) is 7.71. The number of aliphatic hydroxyl groups is 1. The van der Waals surface area contributed by atoms with Gasteiger partial charge in [-0.2, -0.15) is 13.8 Å². The number of rotatable bonds is 5. The molecule has 4 aliphatic rings. The van der Waals surface area contributed by atoms with E-state index in [1.165, 1.54) is 0 Å². The zero-order valence-electron chi connectivity index (χ0n) is 18.5. The summed E-state index contributed by atoms with van der Waals surface area (Å²) in [5.41, 5.74) is 0.690. The molecule has 0 spiro atoms. The number of nitrogens with zero attached hydrogens (tertiary/aromatic N) is 4. The van der Waals surface area contributed by atoms with E-state index in [9.17, 15) is 18.1 Å². The normalized spacial score (nSPS) is 28.5. The molecule has 3 atom stereocenters. The number of nitrogens with one attached hydrogen (secondary N) is 1. The molecule has 1 saturated carbocycles. The van der Waals surface area contributed by atoms with Crippen molar-refractivity contribution < 1.29 is 18.1 Å². The maximum absolute atomic E-state index is 14.4. The predicted octanol–water partition coefficient (Wildman–Crippen LogP) is 3.29. The number of anilines is 3. The van der Waals surface area contributed by atoms with Crippen LogP contribution < -0.4 is 15.1 Å². The summed E-state index contributed by atoms with van der Waals surface area (Å²) in [5.74, 6) is 1.41. The van der Waals surface area contributed by atoms with Crippen LogP contribution in [0.3, 0.4) is 0 Å².